The number of amides is 1. The summed E-state index contributed by atoms with van der Waals surface area (Å²) in [6.45, 7) is 2.59. The lowest BCUT2D eigenvalue weighted by Crippen LogP contribution is -2.41. The molecule has 2 rings (SSSR count). The normalized spacial score (nSPS) is 38.9. The zero-order valence-corrected chi connectivity index (χ0v) is 10.5. The quantitative estimate of drug-likeness (QED) is 0.772. The molecule has 92 valence electrons. The fourth-order valence-electron chi connectivity index (χ4n) is 2.71. The lowest BCUT2D eigenvalue weighted by molar-refractivity contribution is -0.125. The zero-order valence-electron chi connectivity index (χ0n) is 9.75. The summed E-state index contributed by atoms with van der Waals surface area (Å²) in [6.07, 6.45) is 4.48. The first-order valence-electron chi connectivity index (χ1n) is 6.18. The Morgan fingerprint density at radius 3 is 2.94 bits per heavy atom. The van der Waals surface area contributed by atoms with Crippen molar-refractivity contribution in [2.75, 3.05) is 12.5 Å². The number of rotatable bonds is 3. The van der Waals surface area contributed by atoms with Gasteiger partial charge >= 0.3 is 0 Å². The molecular formula is C12H20ClNO2. The summed E-state index contributed by atoms with van der Waals surface area (Å²) in [5, 5.41) is 3.14. The van der Waals surface area contributed by atoms with Gasteiger partial charge in [0.15, 0.2) is 0 Å². The van der Waals surface area contributed by atoms with Crippen molar-refractivity contribution < 1.29 is 9.53 Å². The number of carbonyl (C=O) groups is 1. The molecular weight excluding hydrogens is 226 g/mol. The van der Waals surface area contributed by atoms with E-state index in [0.717, 1.165) is 19.3 Å². The van der Waals surface area contributed by atoms with Crippen molar-refractivity contribution in [2.45, 2.75) is 44.8 Å². The Kier molecular flexibility index (Phi) is 4.09. The van der Waals surface area contributed by atoms with Gasteiger partial charge in [0.2, 0.25) is 5.91 Å². The van der Waals surface area contributed by atoms with Gasteiger partial charge in [0, 0.05) is 11.9 Å². The summed E-state index contributed by atoms with van der Waals surface area (Å²) in [6, 6.07) is 0.293. The third-order valence-corrected chi connectivity index (χ3v) is 4.15. The van der Waals surface area contributed by atoms with E-state index < -0.39 is 0 Å². The smallest absolute Gasteiger partial charge is 0.225 e. The maximum atomic E-state index is 12.0. The van der Waals surface area contributed by atoms with Gasteiger partial charge in [0.25, 0.3) is 0 Å². The number of nitrogens with one attached hydrogen (secondary N) is 1. The van der Waals surface area contributed by atoms with Crippen LogP contribution >= 0.6 is 11.6 Å². The minimum atomic E-state index is 0.0478. The predicted octanol–water partition coefficient (Wildman–Crippen LogP) is 1.94. The van der Waals surface area contributed by atoms with E-state index in [2.05, 4.69) is 5.32 Å². The Morgan fingerprint density at radius 2 is 2.31 bits per heavy atom. The van der Waals surface area contributed by atoms with Crippen molar-refractivity contribution in [3.8, 4) is 0 Å². The third-order valence-electron chi connectivity index (χ3n) is 3.75. The molecule has 0 aromatic carbocycles. The van der Waals surface area contributed by atoms with Crippen LogP contribution in [-0.2, 0) is 9.53 Å². The van der Waals surface area contributed by atoms with Crippen molar-refractivity contribution in [1.29, 1.82) is 0 Å². The third kappa shape index (κ3) is 2.69. The lowest BCUT2D eigenvalue weighted by atomic mass is 10.0. The first-order chi connectivity index (χ1) is 7.70. The van der Waals surface area contributed by atoms with Crippen LogP contribution in [0, 0.1) is 11.8 Å². The molecule has 1 N–H and O–H groups in total. The van der Waals surface area contributed by atoms with Gasteiger partial charge in [-0.2, -0.15) is 0 Å². The van der Waals surface area contributed by atoms with E-state index in [1.807, 2.05) is 6.92 Å². The Balaban J connectivity index is 1.82. The summed E-state index contributed by atoms with van der Waals surface area (Å²) in [5.74, 6) is 1.32. The summed E-state index contributed by atoms with van der Waals surface area (Å²) in [5.41, 5.74) is 0. The molecule has 1 aliphatic heterocycles. The molecule has 4 unspecified atom stereocenters. The molecule has 0 bridgehead atoms. The predicted molar refractivity (Wildman–Crippen MR) is 63.5 cm³/mol. The molecule has 1 aliphatic carbocycles. The minimum absolute atomic E-state index is 0.0478. The van der Waals surface area contributed by atoms with E-state index in [-0.39, 0.29) is 17.9 Å². The summed E-state index contributed by atoms with van der Waals surface area (Å²) < 4.78 is 5.42. The van der Waals surface area contributed by atoms with Gasteiger partial charge in [0.1, 0.15) is 0 Å². The molecule has 1 amide bonds. The second-order valence-corrected chi connectivity index (χ2v) is 5.35. The molecule has 0 aromatic heterocycles. The van der Waals surface area contributed by atoms with Gasteiger partial charge in [-0.3, -0.25) is 4.79 Å². The topological polar surface area (TPSA) is 38.3 Å². The molecule has 1 saturated heterocycles. The van der Waals surface area contributed by atoms with E-state index >= 15 is 0 Å². The van der Waals surface area contributed by atoms with Crippen LogP contribution in [0.2, 0.25) is 0 Å². The van der Waals surface area contributed by atoms with Gasteiger partial charge in [0.05, 0.1) is 18.6 Å². The monoisotopic (exact) mass is 245 g/mol. The van der Waals surface area contributed by atoms with E-state index in [1.165, 1.54) is 6.42 Å². The molecule has 3 nitrogen and oxygen atoms in total. The van der Waals surface area contributed by atoms with Crippen LogP contribution in [0.5, 0.6) is 0 Å². The second-order valence-electron chi connectivity index (χ2n) is 5.04. The molecule has 1 heterocycles. The number of hydrogen-bond donors (Lipinski definition) is 1. The number of ether oxygens (including phenoxy) is 1. The highest BCUT2D eigenvalue weighted by molar-refractivity contribution is 6.18. The fraction of sp³-hybridized carbons (Fsp3) is 0.917. The average Bonchev–Trinajstić information content (AvgIpc) is 2.86. The number of halogens is 1. The van der Waals surface area contributed by atoms with Crippen LogP contribution in [0.3, 0.4) is 0 Å². The minimum Gasteiger partial charge on any atom is -0.378 e. The second kappa shape index (κ2) is 5.37. The van der Waals surface area contributed by atoms with E-state index in [0.29, 0.717) is 24.4 Å². The average molecular weight is 246 g/mol. The van der Waals surface area contributed by atoms with Crippen molar-refractivity contribution in [3.63, 3.8) is 0 Å². The van der Waals surface area contributed by atoms with Gasteiger partial charge in [-0.1, -0.05) is 6.42 Å². The highest BCUT2D eigenvalue weighted by atomic mass is 35.5. The van der Waals surface area contributed by atoms with Gasteiger partial charge in [-0.15, -0.1) is 11.6 Å². The van der Waals surface area contributed by atoms with E-state index in [9.17, 15) is 4.79 Å². The lowest BCUT2D eigenvalue weighted by Gasteiger charge is -2.20. The fourth-order valence-corrected chi connectivity index (χ4v) is 3.08. The zero-order chi connectivity index (χ0) is 11.5. The Labute approximate surface area is 102 Å². The van der Waals surface area contributed by atoms with E-state index in [1.54, 1.807) is 0 Å². The number of hydrogen-bond acceptors (Lipinski definition) is 2. The number of carbonyl (C=O) groups excluding carboxylic acids is 1. The van der Waals surface area contributed by atoms with Crippen LogP contribution in [0.25, 0.3) is 0 Å². The molecule has 2 aliphatic rings. The molecule has 0 aromatic rings. The van der Waals surface area contributed by atoms with Gasteiger partial charge in [-0.25, -0.2) is 0 Å². The molecule has 1 saturated carbocycles. The maximum absolute atomic E-state index is 12.0. The molecule has 4 atom stereocenters. The van der Waals surface area contributed by atoms with Crippen molar-refractivity contribution in [2.24, 2.45) is 11.8 Å². The summed E-state index contributed by atoms with van der Waals surface area (Å²) in [4.78, 5) is 12.0. The van der Waals surface area contributed by atoms with Crippen molar-refractivity contribution >= 4 is 17.5 Å². The Bertz CT molecular complexity index is 259. The summed E-state index contributed by atoms with van der Waals surface area (Å²) >= 11 is 5.89. The number of alkyl halides is 1. The van der Waals surface area contributed by atoms with Crippen molar-refractivity contribution in [3.05, 3.63) is 0 Å². The largest absolute Gasteiger partial charge is 0.378 e. The van der Waals surface area contributed by atoms with Crippen LogP contribution < -0.4 is 5.32 Å². The maximum Gasteiger partial charge on any atom is 0.225 e. The van der Waals surface area contributed by atoms with Gasteiger partial charge in [-0.05, 0) is 32.1 Å². The van der Waals surface area contributed by atoms with Crippen LogP contribution in [0.4, 0.5) is 0 Å². The Morgan fingerprint density at radius 1 is 1.50 bits per heavy atom. The van der Waals surface area contributed by atoms with Crippen LogP contribution in [0.1, 0.15) is 32.6 Å². The first kappa shape index (κ1) is 12.2. The highest BCUT2D eigenvalue weighted by Crippen LogP contribution is 2.27. The van der Waals surface area contributed by atoms with Crippen molar-refractivity contribution in [1.82, 2.24) is 5.32 Å². The standard InChI is InChI=1S/C12H20ClNO2/c1-8-5-10(7-16-8)12(15)14-11-4-2-3-9(11)6-13/h8-11H,2-7H2,1H3,(H,14,15). The van der Waals surface area contributed by atoms with Crippen LogP contribution in [-0.4, -0.2) is 30.5 Å². The summed E-state index contributed by atoms with van der Waals surface area (Å²) in [7, 11) is 0. The Hall–Kier alpha value is -0.280. The molecule has 16 heavy (non-hydrogen) atoms. The van der Waals surface area contributed by atoms with Crippen LogP contribution in [0.15, 0.2) is 0 Å². The molecule has 4 heteroatoms. The molecule has 0 spiro atoms. The first-order valence-corrected chi connectivity index (χ1v) is 6.72. The van der Waals surface area contributed by atoms with E-state index in [4.69, 9.17) is 16.3 Å². The molecule has 2 fully saturated rings. The SMILES string of the molecule is CC1CC(C(=O)NC2CCCC2CCl)CO1. The highest BCUT2D eigenvalue weighted by Gasteiger charge is 2.33. The van der Waals surface area contributed by atoms with Gasteiger partial charge < -0.3 is 10.1 Å². The molecule has 0 radical (unpaired) electrons.